The maximum absolute atomic E-state index is 12.5. The predicted octanol–water partition coefficient (Wildman–Crippen LogP) is 4.46. The Labute approximate surface area is 174 Å². The van der Waals surface area contributed by atoms with Crippen molar-refractivity contribution < 1.29 is 4.79 Å². The number of anilines is 1. The normalized spacial score (nSPS) is 11.1. The van der Waals surface area contributed by atoms with E-state index in [4.69, 9.17) is 0 Å². The largest absolute Gasteiger partial charge is 0.323 e. The van der Waals surface area contributed by atoms with Gasteiger partial charge in [0.1, 0.15) is 0 Å². The van der Waals surface area contributed by atoms with Gasteiger partial charge in [0.15, 0.2) is 0 Å². The van der Waals surface area contributed by atoms with E-state index in [0.29, 0.717) is 19.5 Å². The molecule has 3 aromatic rings. The zero-order chi connectivity index (χ0) is 20.4. The van der Waals surface area contributed by atoms with Crippen molar-refractivity contribution >= 4 is 27.5 Å². The number of aromatic nitrogens is 4. The molecule has 0 aliphatic rings. The number of rotatable bonds is 6. The van der Waals surface area contributed by atoms with Gasteiger partial charge in [-0.3, -0.25) is 14.2 Å². The topological polar surface area (TPSA) is 64.7 Å². The van der Waals surface area contributed by atoms with Gasteiger partial charge in [-0.05, 0) is 56.1 Å². The summed E-state index contributed by atoms with van der Waals surface area (Å²) in [6.07, 6.45) is 0.357. The van der Waals surface area contributed by atoms with Crippen LogP contribution >= 0.6 is 15.9 Å². The lowest BCUT2D eigenvalue weighted by molar-refractivity contribution is -0.116. The molecule has 2 aromatic heterocycles. The minimum Gasteiger partial charge on any atom is -0.323 e. The molecule has 1 N–H and O–H groups in total. The fraction of sp³-hybridized carbons (Fsp3) is 0.381. The number of carbonyl (C=O) groups is 1. The molecule has 0 aliphatic carbocycles. The summed E-state index contributed by atoms with van der Waals surface area (Å²) >= 11 is 3.52. The Morgan fingerprint density at radius 1 is 1.04 bits per heavy atom. The quantitative estimate of drug-likeness (QED) is 0.611. The number of benzene rings is 1. The van der Waals surface area contributed by atoms with Gasteiger partial charge in [-0.25, -0.2) is 0 Å². The van der Waals surface area contributed by atoms with Gasteiger partial charge < -0.3 is 5.32 Å². The summed E-state index contributed by atoms with van der Waals surface area (Å²) in [4.78, 5) is 12.5. The Morgan fingerprint density at radius 3 is 2.39 bits per heavy atom. The second-order valence-corrected chi connectivity index (χ2v) is 7.99. The number of nitrogens with zero attached hydrogens (tertiary/aromatic N) is 4. The zero-order valence-corrected chi connectivity index (χ0v) is 18.6. The summed E-state index contributed by atoms with van der Waals surface area (Å²) in [5.41, 5.74) is 6.97. The molecule has 148 valence electrons. The Morgan fingerprint density at radius 2 is 1.75 bits per heavy atom. The number of hydrogen-bond donors (Lipinski definition) is 1. The first kappa shape index (κ1) is 20.3. The molecule has 0 bridgehead atoms. The number of hydrogen-bond acceptors (Lipinski definition) is 3. The van der Waals surface area contributed by atoms with Gasteiger partial charge >= 0.3 is 0 Å². The van der Waals surface area contributed by atoms with E-state index in [9.17, 15) is 4.79 Å². The van der Waals surface area contributed by atoms with Crippen LogP contribution in [0.3, 0.4) is 0 Å². The third-order valence-corrected chi connectivity index (χ3v) is 6.05. The highest BCUT2D eigenvalue weighted by Gasteiger charge is 2.15. The van der Waals surface area contributed by atoms with Gasteiger partial charge in [0.25, 0.3) is 0 Å². The SMILES string of the molecule is Cc1cccc(Cn2nc(C)c(NC(=O)CCn3nc(C)c(Br)c3C)c2C)c1. The second-order valence-electron chi connectivity index (χ2n) is 7.20. The molecule has 0 atom stereocenters. The Hall–Kier alpha value is -2.41. The highest BCUT2D eigenvalue weighted by Crippen LogP contribution is 2.22. The van der Waals surface area contributed by atoms with Crippen LogP contribution in [-0.2, 0) is 17.9 Å². The molecule has 28 heavy (non-hydrogen) atoms. The van der Waals surface area contributed by atoms with Gasteiger partial charge in [-0.2, -0.15) is 10.2 Å². The number of carbonyl (C=O) groups excluding carboxylic acids is 1. The van der Waals surface area contributed by atoms with Crippen LogP contribution in [0.4, 0.5) is 5.69 Å². The van der Waals surface area contributed by atoms with Crippen LogP contribution in [0.2, 0.25) is 0 Å². The molecule has 0 unspecified atom stereocenters. The minimum absolute atomic E-state index is 0.0371. The van der Waals surface area contributed by atoms with Crippen LogP contribution in [0.5, 0.6) is 0 Å². The summed E-state index contributed by atoms with van der Waals surface area (Å²) in [5, 5.41) is 12.1. The summed E-state index contributed by atoms with van der Waals surface area (Å²) < 4.78 is 4.80. The lowest BCUT2D eigenvalue weighted by Crippen LogP contribution is -2.16. The van der Waals surface area contributed by atoms with Crippen molar-refractivity contribution in [3.05, 3.63) is 62.6 Å². The van der Waals surface area contributed by atoms with Crippen molar-refractivity contribution in [2.45, 2.75) is 54.1 Å². The summed E-state index contributed by atoms with van der Waals surface area (Å²) in [5.74, 6) is -0.0371. The number of halogens is 1. The van der Waals surface area contributed by atoms with E-state index < -0.39 is 0 Å². The monoisotopic (exact) mass is 443 g/mol. The molecule has 0 fully saturated rings. The van der Waals surface area contributed by atoms with Crippen LogP contribution in [0.15, 0.2) is 28.7 Å². The smallest absolute Gasteiger partial charge is 0.226 e. The molecule has 1 amide bonds. The molecule has 6 nitrogen and oxygen atoms in total. The van der Waals surface area contributed by atoms with Crippen molar-refractivity contribution in [3.63, 3.8) is 0 Å². The van der Waals surface area contributed by atoms with Gasteiger partial charge in [0, 0.05) is 12.1 Å². The van der Waals surface area contributed by atoms with Crippen LogP contribution in [0, 0.1) is 34.6 Å². The first-order valence-corrected chi connectivity index (χ1v) is 10.1. The van der Waals surface area contributed by atoms with Gasteiger partial charge in [-0.1, -0.05) is 29.8 Å². The molecule has 0 saturated carbocycles. The lowest BCUT2D eigenvalue weighted by Gasteiger charge is -2.08. The van der Waals surface area contributed by atoms with Gasteiger partial charge in [0.2, 0.25) is 5.91 Å². The lowest BCUT2D eigenvalue weighted by atomic mass is 10.1. The van der Waals surface area contributed by atoms with E-state index in [1.165, 1.54) is 11.1 Å². The van der Waals surface area contributed by atoms with Crippen molar-refractivity contribution in [2.75, 3.05) is 5.32 Å². The van der Waals surface area contributed by atoms with Crippen molar-refractivity contribution in [3.8, 4) is 0 Å². The third-order valence-electron chi connectivity index (χ3n) is 4.90. The summed E-state index contributed by atoms with van der Waals surface area (Å²) in [6.45, 7) is 11.2. The maximum Gasteiger partial charge on any atom is 0.226 e. The van der Waals surface area contributed by atoms with E-state index in [0.717, 1.165) is 32.9 Å². The average molecular weight is 444 g/mol. The first-order chi connectivity index (χ1) is 13.3. The second kappa shape index (κ2) is 8.31. The van der Waals surface area contributed by atoms with Crippen molar-refractivity contribution in [2.24, 2.45) is 0 Å². The molecule has 1 aromatic carbocycles. The molecule has 0 aliphatic heterocycles. The zero-order valence-electron chi connectivity index (χ0n) is 17.0. The van der Waals surface area contributed by atoms with Crippen LogP contribution in [0.25, 0.3) is 0 Å². The molecule has 0 saturated heterocycles. The van der Waals surface area contributed by atoms with Gasteiger partial charge in [-0.15, -0.1) is 0 Å². The van der Waals surface area contributed by atoms with Crippen molar-refractivity contribution in [1.29, 1.82) is 0 Å². The summed E-state index contributed by atoms with van der Waals surface area (Å²) in [6, 6.07) is 8.38. The van der Waals surface area contributed by atoms with E-state index in [2.05, 4.69) is 62.6 Å². The van der Waals surface area contributed by atoms with Crippen LogP contribution in [-0.4, -0.2) is 25.5 Å². The van der Waals surface area contributed by atoms with E-state index in [1.54, 1.807) is 0 Å². The van der Waals surface area contributed by atoms with Crippen LogP contribution in [0.1, 0.15) is 40.3 Å². The van der Waals surface area contributed by atoms with E-state index in [-0.39, 0.29) is 5.91 Å². The minimum atomic E-state index is -0.0371. The Balaban J connectivity index is 1.67. The predicted molar refractivity (Wildman–Crippen MR) is 115 cm³/mol. The van der Waals surface area contributed by atoms with Crippen molar-refractivity contribution in [1.82, 2.24) is 19.6 Å². The molecule has 7 heteroatoms. The number of amides is 1. The number of aryl methyl sites for hydroxylation is 4. The third kappa shape index (κ3) is 4.35. The molecular formula is C21H26BrN5O. The highest BCUT2D eigenvalue weighted by molar-refractivity contribution is 9.10. The molecule has 0 radical (unpaired) electrons. The maximum atomic E-state index is 12.5. The summed E-state index contributed by atoms with van der Waals surface area (Å²) in [7, 11) is 0. The standard InChI is InChI=1S/C21H26BrN5O/c1-13-7-6-8-18(11-13)12-27-17(5)21(15(3)25-27)23-19(28)9-10-26-16(4)20(22)14(2)24-26/h6-8,11H,9-10,12H2,1-5H3,(H,23,28). The Bertz CT molecular complexity index is 1020. The van der Waals surface area contributed by atoms with E-state index in [1.807, 2.05) is 37.1 Å². The molecule has 0 spiro atoms. The first-order valence-electron chi connectivity index (χ1n) is 9.35. The molecule has 3 rings (SSSR count). The Kier molecular flexibility index (Phi) is 6.03. The highest BCUT2D eigenvalue weighted by atomic mass is 79.9. The fourth-order valence-corrected chi connectivity index (χ4v) is 3.60. The average Bonchev–Trinajstić information content (AvgIpc) is 3.04. The number of nitrogens with one attached hydrogen (secondary N) is 1. The molecular weight excluding hydrogens is 418 g/mol. The molecule has 2 heterocycles. The fourth-order valence-electron chi connectivity index (χ4n) is 3.32. The van der Waals surface area contributed by atoms with Gasteiger partial charge in [0.05, 0.1) is 40.3 Å². The van der Waals surface area contributed by atoms with Crippen LogP contribution < -0.4 is 5.32 Å². The van der Waals surface area contributed by atoms with E-state index >= 15 is 0 Å².